The Balaban J connectivity index is 1.68. The van der Waals surface area contributed by atoms with E-state index in [1.54, 1.807) is 6.42 Å². The zero-order valence-electron chi connectivity index (χ0n) is 8.28. The fraction of sp³-hybridized carbons (Fsp3) is 1.00. The highest BCUT2D eigenvalue weighted by atomic mass is 16.5. The van der Waals surface area contributed by atoms with Gasteiger partial charge in [0, 0.05) is 0 Å². The highest BCUT2D eigenvalue weighted by molar-refractivity contribution is 5.17. The topological polar surface area (TPSA) is 9.23 Å². The molecule has 0 spiro atoms. The summed E-state index contributed by atoms with van der Waals surface area (Å²) in [5.74, 6) is 6.48. The minimum absolute atomic E-state index is 0.644. The van der Waals surface area contributed by atoms with Gasteiger partial charge in [-0.2, -0.15) is 0 Å². The molecule has 1 heteroatoms. The zero-order chi connectivity index (χ0) is 8.58. The van der Waals surface area contributed by atoms with Gasteiger partial charge in [-0.05, 0) is 54.8 Å². The van der Waals surface area contributed by atoms with Crippen LogP contribution >= 0.6 is 0 Å². The lowest BCUT2D eigenvalue weighted by molar-refractivity contribution is -0.304. The predicted octanol–water partition coefficient (Wildman–Crippen LogP) is 2.31. The van der Waals surface area contributed by atoms with Gasteiger partial charge in [0.25, 0.3) is 0 Å². The molecule has 0 radical (unpaired) electrons. The first kappa shape index (κ1) is 7.28. The Bertz CT molecular complexity index is 244. The molecule has 1 saturated heterocycles. The Morgan fingerprint density at radius 2 is 1.92 bits per heavy atom. The second-order valence-corrected chi connectivity index (χ2v) is 5.67. The van der Waals surface area contributed by atoms with Crippen LogP contribution in [-0.2, 0) is 4.74 Å². The van der Waals surface area contributed by atoms with E-state index in [0.29, 0.717) is 6.10 Å². The van der Waals surface area contributed by atoms with Crippen LogP contribution < -0.4 is 0 Å². The first-order valence-electron chi connectivity index (χ1n) is 6.01. The summed E-state index contributed by atoms with van der Waals surface area (Å²) in [5, 5.41) is 0. The quantitative estimate of drug-likeness (QED) is 0.598. The molecule has 0 aromatic heterocycles. The Labute approximate surface area is 79.8 Å². The molecule has 6 bridgehead atoms. The van der Waals surface area contributed by atoms with Gasteiger partial charge in [0.15, 0.2) is 0 Å². The van der Waals surface area contributed by atoms with Crippen molar-refractivity contribution in [2.45, 2.75) is 32.3 Å². The first-order chi connectivity index (χ1) is 6.40. The third-order valence-corrected chi connectivity index (χ3v) is 5.50. The number of hydrogen-bond donors (Lipinski definition) is 0. The molecular formula is C12H18O. The van der Waals surface area contributed by atoms with E-state index in [1.807, 2.05) is 0 Å². The average Bonchev–Trinajstić information content (AvgIpc) is 2.15. The Hall–Kier alpha value is -0.0400. The SMILES string of the molecule is CCC1OCC2CC3CC4C2C1C34. The average molecular weight is 178 g/mol. The maximum absolute atomic E-state index is 5.96. The lowest BCUT2D eigenvalue weighted by Gasteiger charge is -2.74. The minimum Gasteiger partial charge on any atom is -0.378 e. The summed E-state index contributed by atoms with van der Waals surface area (Å²) in [6.45, 7) is 3.39. The molecule has 1 aliphatic heterocycles. The second kappa shape index (κ2) is 2.13. The number of hydrogen-bond acceptors (Lipinski definition) is 1. The van der Waals surface area contributed by atoms with Gasteiger partial charge < -0.3 is 4.74 Å². The summed E-state index contributed by atoms with van der Waals surface area (Å²) >= 11 is 0. The molecular weight excluding hydrogens is 160 g/mol. The van der Waals surface area contributed by atoms with Gasteiger partial charge in [0.05, 0.1) is 12.7 Å². The lowest BCUT2D eigenvalue weighted by Crippen LogP contribution is -2.71. The van der Waals surface area contributed by atoms with E-state index in [-0.39, 0.29) is 0 Å². The van der Waals surface area contributed by atoms with Gasteiger partial charge in [-0.25, -0.2) is 0 Å². The molecule has 0 N–H and O–H groups in total. The van der Waals surface area contributed by atoms with Crippen molar-refractivity contribution in [2.75, 3.05) is 6.61 Å². The van der Waals surface area contributed by atoms with Crippen molar-refractivity contribution in [1.82, 2.24) is 0 Å². The van der Waals surface area contributed by atoms with Crippen LogP contribution in [0.25, 0.3) is 0 Å². The molecule has 1 heterocycles. The van der Waals surface area contributed by atoms with Crippen molar-refractivity contribution in [3.8, 4) is 0 Å². The number of ether oxygens (including phenoxy) is 1. The monoisotopic (exact) mass is 178 g/mol. The second-order valence-electron chi connectivity index (χ2n) is 5.67. The van der Waals surface area contributed by atoms with Crippen molar-refractivity contribution >= 4 is 0 Å². The molecule has 13 heavy (non-hydrogen) atoms. The Morgan fingerprint density at radius 1 is 1.08 bits per heavy atom. The highest BCUT2D eigenvalue weighted by Crippen LogP contribution is 2.72. The molecule has 0 aromatic carbocycles. The van der Waals surface area contributed by atoms with Crippen LogP contribution in [0.15, 0.2) is 0 Å². The predicted molar refractivity (Wildman–Crippen MR) is 50.2 cm³/mol. The molecule has 7 atom stereocenters. The Kier molecular flexibility index (Phi) is 1.19. The molecule has 6 aliphatic rings. The van der Waals surface area contributed by atoms with Gasteiger partial charge >= 0.3 is 0 Å². The minimum atomic E-state index is 0.644. The van der Waals surface area contributed by atoms with Gasteiger partial charge in [-0.1, -0.05) is 6.92 Å². The summed E-state index contributed by atoms with van der Waals surface area (Å²) in [6.07, 6.45) is 4.99. The van der Waals surface area contributed by atoms with Crippen LogP contribution in [0, 0.1) is 35.5 Å². The smallest absolute Gasteiger partial charge is 0.0606 e. The van der Waals surface area contributed by atoms with E-state index >= 15 is 0 Å². The van der Waals surface area contributed by atoms with Crippen molar-refractivity contribution in [3.05, 3.63) is 0 Å². The van der Waals surface area contributed by atoms with Crippen LogP contribution in [0.3, 0.4) is 0 Å². The standard InChI is InChI=1S/C12H18O/c1-2-9-12-10-6-3-7(5-13-9)11(12)8(10)4-6/h6-12H,2-5H2,1H3. The van der Waals surface area contributed by atoms with Crippen molar-refractivity contribution in [1.29, 1.82) is 0 Å². The van der Waals surface area contributed by atoms with Gasteiger partial charge in [-0.15, -0.1) is 0 Å². The maximum Gasteiger partial charge on any atom is 0.0606 e. The summed E-state index contributed by atoms with van der Waals surface area (Å²) in [7, 11) is 0. The van der Waals surface area contributed by atoms with E-state index in [0.717, 1.165) is 42.1 Å². The molecule has 72 valence electrons. The van der Waals surface area contributed by atoms with Crippen LogP contribution in [0.4, 0.5) is 0 Å². The van der Waals surface area contributed by atoms with Crippen LogP contribution in [0.5, 0.6) is 0 Å². The van der Waals surface area contributed by atoms with E-state index in [4.69, 9.17) is 4.74 Å². The molecule has 1 nitrogen and oxygen atoms in total. The van der Waals surface area contributed by atoms with Crippen LogP contribution in [0.1, 0.15) is 26.2 Å². The molecule has 6 fully saturated rings. The number of rotatable bonds is 1. The zero-order valence-corrected chi connectivity index (χ0v) is 8.28. The van der Waals surface area contributed by atoms with Crippen LogP contribution in [0.2, 0.25) is 0 Å². The lowest BCUT2D eigenvalue weighted by atomic mass is 9.33. The van der Waals surface area contributed by atoms with E-state index < -0.39 is 0 Å². The third kappa shape index (κ3) is 0.643. The summed E-state index contributed by atoms with van der Waals surface area (Å²) in [5.41, 5.74) is 0. The van der Waals surface area contributed by atoms with E-state index in [9.17, 15) is 0 Å². The van der Waals surface area contributed by atoms with Crippen molar-refractivity contribution in [3.63, 3.8) is 0 Å². The summed E-state index contributed by atoms with van der Waals surface area (Å²) in [4.78, 5) is 0. The fourth-order valence-electron chi connectivity index (χ4n) is 5.11. The maximum atomic E-state index is 5.96. The molecule has 5 aliphatic carbocycles. The van der Waals surface area contributed by atoms with Crippen molar-refractivity contribution < 1.29 is 4.74 Å². The van der Waals surface area contributed by atoms with E-state index in [2.05, 4.69) is 6.92 Å². The van der Waals surface area contributed by atoms with Gasteiger partial charge in [-0.3, -0.25) is 0 Å². The Morgan fingerprint density at radius 3 is 2.69 bits per heavy atom. The summed E-state index contributed by atoms with van der Waals surface area (Å²) in [6, 6.07) is 0. The summed E-state index contributed by atoms with van der Waals surface area (Å²) < 4.78 is 5.96. The molecule has 0 amide bonds. The fourth-order valence-corrected chi connectivity index (χ4v) is 5.11. The molecule has 7 unspecified atom stereocenters. The largest absolute Gasteiger partial charge is 0.378 e. The highest BCUT2D eigenvalue weighted by Gasteiger charge is 2.69. The molecule has 5 saturated carbocycles. The van der Waals surface area contributed by atoms with Gasteiger partial charge in [0.1, 0.15) is 0 Å². The molecule has 6 rings (SSSR count). The molecule has 0 aromatic rings. The third-order valence-electron chi connectivity index (χ3n) is 5.50. The first-order valence-corrected chi connectivity index (χ1v) is 6.01. The van der Waals surface area contributed by atoms with E-state index in [1.165, 1.54) is 12.8 Å². The van der Waals surface area contributed by atoms with Crippen molar-refractivity contribution in [2.24, 2.45) is 35.5 Å². The normalized spacial score (nSPS) is 66.7. The van der Waals surface area contributed by atoms with Crippen LogP contribution in [-0.4, -0.2) is 12.7 Å². The van der Waals surface area contributed by atoms with Gasteiger partial charge in [0.2, 0.25) is 0 Å².